The number of fused-ring (bicyclic) bond motifs is 5. The molecule has 3 heterocycles. The van der Waals surface area contributed by atoms with Gasteiger partial charge in [0.15, 0.2) is 0 Å². The Morgan fingerprint density at radius 3 is 2.43 bits per heavy atom. The van der Waals surface area contributed by atoms with E-state index in [1.54, 1.807) is 12.0 Å². The number of hydrogen-bond donors (Lipinski definition) is 0. The van der Waals surface area contributed by atoms with Gasteiger partial charge in [-0.05, 0) is 30.2 Å². The van der Waals surface area contributed by atoms with E-state index in [4.69, 9.17) is 9.47 Å². The van der Waals surface area contributed by atoms with Crippen molar-refractivity contribution in [3.8, 4) is 11.5 Å². The van der Waals surface area contributed by atoms with Crippen LogP contribution in [0.3, 0.4) is 0 Å². The second kappa shape index (κ2) is 8.15. The summed E-state index contributed by atoms with van der Waals surface area (Å²) >= 11 is 0. The van der Waals surface area contributed by atoms with Crippen LogP contribution in [0.2, 0.25) is 0 Å². The second-order valence-electron chi connectivity index (χ2n) is 9.77. The molecule has 3 aliphatic rings. The molecule has 3 aromatic rings. The van der Waals surface area contributed by atoms with Crippen molar-refractivity contribution in [3.05, 3.63) is 95.6 Å². The summed E-state index contributed by atoms with van der Waals surface area (Å²) in [4.78, 5) is 31.7. The molecule has 0 bridgehead atoms. The normalized spacial score (nSPS) is 27.1. The number of hydrogen-bond acceptors (Lipinski definition) is 4. The third kappa shape index (κ3) is 3.23. The highest BCUT2D eigenvalue weighted by atomic mass is 16.5. The van der Waals surface area contributed by atoms with Crippen LogP contribution in [0.5, 0.6) is 11.5 Å². The van der Waals surface area contributed by atoms with Crippen molar-refractivity contribution in [1.29, 1.82) is 0 Å². The molecule has 0 spiro atoms. The summed E-state index contributed by atoms with van der Waals surface area (Å²) < 4.78 is 11.6. The van der Waals surface area contributed by atoms with Gasteiger partial charge in [-0.15, -0.1) is 0 Å². The van der Waals surface area contributed by atoms with E-state index >= 15 is 0 Å². The lowest BCUT2D eigenvalue weighted by molar-refractivity contribution is -0.164. The summed E-state index contributed by atoms with van der Waals surface area (Å²) in [5.74, 6) is 1.14. The lowest BCUT2D eigenvalue weighted by Crippen LogP contribution is -2.65. The quantitative estimate of drug-likeness (QED) is 0.577. The van der Waals surface area contributed by atoms with E-state index in [0.717, 1.165) is 16.7 Å². The smallest absolute Gasteiger partial charge is 0.249 e. The van der Waals surface area contributed by atoms with Crippen molar-refractivity contribution in [1.82, 2.24) is 9.80 Å². The van der Waals surface area contributed by atoms with E-state index in [-0.39, 0.29) is 36.2 Å². The van der Waals surface area contributed by atoms with Crippen molar-refractivity contribution >= 4 is 11.8 Å². The Kier molecular flexibility index (Phi) is 5.06. The maximum absolute atomic E-state index is 14.3. The van der Waals surface area contributed by atoms with Gasteiger partial charge < -0.3 is 19.3 Å². The summed E-state index contributed by atoms with van der Waals surface area (Å²) in [5, 5.41) is 0. The molecule has 2 fully saturated rings. The molecule has 0 saturated carbocycles. The van der Waals surface area contributed by atoms with E-state index < -0.39 is 5.54 Å². The standard InChI is InChI=1S/C29H28N2O4/c1-29-26(20-11-7-4-8-12-20)23-18-35-24-15-21(34-2)13-14-22(24)27(23)31(29)25(32)17-30(28(29)33)16-19-9-5-3-6-10-19/h3-15,23,26-27H,16-18H2,1-2H3/t23-,26+,27+,29-/m1/s1. The molecule has 178 valence electrons. The molecule has 6 heteroatoms. The number of rotatable bonds is 4. The van der Waals surface area contributed by atoms with Crippen molar-refractivity contribution in [3.63, 3.8) is 0 Å². The predicted octanol–water partition coefficient (Wildman–Crippen LogP) is 4.17. The van der Waals surface area contributed by atoms with E-state index in [9.17, 15) is 9.59 Å². The Hall–Kier alpha value is -3.80. The summed E-state index contributed by atoms with van der Waals surface area (Å²) in [5.41, 5.74) is 1.98. The van der Waals surface area contributed by atoms with E-state index in [1.807, 2.05) is 78.6 Å². The van der Waals surface area contributed by atoms with Crippen LogP contribution >= 0.6 is 0 Å². The zero-order chi connectivity index (χ0) is 24.2. The first-order valence-corrected chi connectivity index (χ1v) is 12.0. The van der Waals surface area contributed by atoms with Gasteiger partial charge in [0.05, 0.1) is 19.8 Å². The highest BCUT2D eigenvalue weighted by Gasteiger charge is 2.66. The maximum Gasteiger partial charge on any atom is 0.249 e. The fourth-order valence-electron chi connectivity index (χ4n) is 6.43. The van der Waals surface area contributed by atoms with Crippen LogP contribution in [-0.4, -0.2) is 47.4 Å². The lowest BCUT2D eigenvalue weighted by Gasteiger charge is -2.47. The van der Waals surface area contributed by atoms with Crippen LogP contribution in [0.15, 0.2) is 78.9 Å². The second-order valence-corrected chi connectivity index (χ2v) is 9.77. The Morgan fingerprint density at radius 1 is 1.00 bits per heavy atom. The average Bonchev–Trinajstić information content (AvgIpc) is 3.18. The van der Waals surface area contributed by atoms with Gasteiger partial charge in [0.25, 0.3) is 0 Å². The third-order valence-corrected chi connectivity index (χ3v) is 7.88. The fraction of sp³-hybridized carbons (Fsp3) is 0.310. The minimum absolute atomic E-state index is 0.0146. The largest absolute Gasteiger partial charge is 0.497 e. The van der Waals surface area contributed by atoms with Gasteiger partial charge in [-0.25, -0.2) is 0 Å². The molecule has 3 aromatic carbocycles. The third-order valence-electron chi connectivity index (χ3n) is 7.88. The zero-order valence-corrected chi connectivity index (χ0v) is 19.9. The van der Waals surface area contributed by atoms with E-state index in [1.165, 1.54) is 0 Å². The number of methoxy groups -OCH3 is 1. The van der Waals surface area contributed by atoms with Crippen LogP contribution in [0.4, 0.5) is 0 Å². The van der Waals surface area contributed by atoms with Gasteiger partial charge in [-0.3, -0.25) is 9.59 Å². The number of benzene rings is 3. The molecule has 0 radical (unpaired) electrons. The van der Waals surface area contributed by atoms with Crippen molar-refractivity contribution in [2.24, 2.45) is 5.92 Å². The number of carbonyl (C=O) groups is 2. The molecule has 4 atom stereocenters. The number of nitrogens with zero attached hydrogens (tertiary/aromatic N) is 2. The minimum Gasteiger partial charge on any atom is -0.497 e. The number of amides is 2. The Balaban J connectivity index is 1.48. The SMILES string of the molecule is COc1ccc2c(c1)OC[C@H]1[C@H]2N2C(=O)CN(Cc3ccccc3)C(=O)[C@@]2(C)[C@H]1c1ccccc1. The Labute approximate surface area is 205 Å². The molecule has 0 N–H and O–H groups in total. The van der Waals surface area contributed by atoms with Gasteiger partial charge in [0.2, 0.25) is 11.8 Å². The van der Waals surface area contributed by atoms with Gasteiger partial charge in [0, 0.05) is 30.0 Å². The van der Waals surface area contributed by atoms with Gasteiger partial charge in [-0.2, -0.15) is 0 Å². The first-order chi connectivity index (χ1) is 17.0. The van der Waals surface area contributed by atoms with Crippen LogP contribution in [0.1, 0.15) is 35.6 Å². The van der Waals surface area contributed by atoms with Gasteiger partial charge in [0.1, 0.15) is 23.6 Å². The van der Waals surface area contributed by atoms with E-state index in [0.29, 0.717) is 24.7 Å². The predicted molar refractivity (Wildman–Crippen MR) is 131 cm³/mol. The summed E-state index contributed by atoms with van der Waals surface area (Å²) in [6, 6.07) is 25.5. The average molecular weight is 469 g/mol. The van der Waals surface area contributed by atoms with Crippen LogP contribution in [0.25, 0.3) is 0 Å². The van der Waals surface area contributed by atoms with Crippen LogP contribution < -0.4 is 9.47 Å². The molecule has 2 amide bonds. The van der Waals surface area contributed by atoms with E-state index in [2.05, 4.69) is 12.1 Å². The summed E-state index contributed by atoms with van der Waals surface area (Å²) in [7, 11) is 1.62. The topological polar surface area (TPSA) is 59.1 Å². The Bertz CT molecular complexity index is 1280. The Morgan fingerprint density at radius 2 is 1.71 bits per heavy atom. The molecule has 3 aliphatic heterocycles. The summed E-state index contributed by atoms with van der Waals surface area (Å²) in [6.07, 6.45) is 0. The monoisotopic (exact) mass is 468 g/mol. The first kappa shape index (κ1) is 21.7. The van der Waals surface area contributed by atoms with Gasteiger partial charge in [-0.1, -0.05) is 60.7 Å². The highest BCUT2D eigenvalue weighted by Crippen LogP contribution is 2.60. The minimum atomic E-state index is -1.02. The van der Waals surface area contributed by atoms with Crippen molar-refractivity contribution in [2.75, 3.05) is 20.3 Å². The molecular formula is C29H28N2O4. The molecule has 35 heavy (non-hydrogen) atoms. The lowest BCUT2D eigenvalue weighted by atomic mass is 9.73. The molecule has 6 rings (SSSR count). The van der Waals surface area contributed by atoms with Crippen LogP contribution in [-0.2, 0) is 16.1 Å². The van der Waals surface area contributed by atoms with Crippen molar-refractivity contribution in [2.45, 2.75) is 31.0 Å². The molecule has 0 aromatic heterocycles. The zero-order valence-electron chi connectivity index (χ0n) is 19.9. The first-order valence-electron chi connectivity index (χ1n) is 12.0. The fourth-order valence-corrected chi connectivity index (χ4v) is 6.43. The molecule has 6 nitrogen and oxygen atoms in total. The van der Waals surface area contributed by atoms with Gasteiger partial charge >= 0.3 is 0 Å². The summed E-state index contributed by atoms with van der Waals surface area (Å²) in [6.45, 7) is 2.86. The van der Waals surface area contributed by atoms with Crippen molar-refractivity contribution < 1.29 is 19.1 Å². The highest BCUT2D eigenvalue weighted by molar-refractivity contribution is 6.00. The molecule has 0 unspecified atom stereocenters. The molecule has 0 aliphatic carbocycles. The van der Waals surface area contributed by atoms with Crippen LogP contribution in [0, 0.1) is 5.92 Å². The molecule has 2 saturated heterocycles. The number of ether oxygens (including phenoxy) is 2. The molecular weight excluding hydrogens is 440 g/mol. The number of piperazine rings is 1. The number of carbonyl (C=O) groups excluding carboxylic acids is 2. The maximum atomic E-state index is 14.3.